The molecule has 1 amide bonds. The monoisotopic (exact) mass is 453 g/mol. The van der Waals surface area contributed by atoms with E-state index in [0.29, 0.717) is 45.6 Å². The van der Waals surface area contributed by atoms with Gasteiger partial charge >= 0.3 is 0 Å². The van der Waals surface area contributed by atoms with E-state index in [0.717, 1.165) is 11.1 Å². The minimum absolute atomic E-state index is 0.198. The lowest BCUT2D eigenvalue weighted by Crippen LogP contribution is -2.28. The molecule has 0 atom stereocenters. The minimum Gasteiger partial charge on any atom is -0.486 e. The molecule has 3 heterocycles. The van der Waals surface area contributed by atoms with Crippen molar-refractivity contribution in [1.82, 2.24) is 9.55 Å². The van der Waals surface area contributed by atoms with Crippen LogP contribution in [0.2, 0.25) is 5.02 Å². The van der Waals surface area contributed by atoms with E-state index in [1.54, 1.807) is 12.1 Å². The third-order valence-corrected chi connectivity index (χ3v) is 6.06. The Morgan fingerprint density at radius 3 is 2.68 bits per heavy atom. The molecule has 2 aromatic heterocycles. The van der Waals surface area contributed by atoms with Crippen LogP contribution in [-0.4, -0.2) is 28.7 Å². The minimum atomic E-state index is -0.404. The van der Waals surface area contributed by atoms with E-state index in [1.807, 2.05) is 35.7 Å². The molecule has 1 aliphatic rings. The number of benzene rings is 2. The van der Waals surface area contributed by atoms with Crippen molar-refractivity contribution < 1.29 is 14.3 Å². The Bertz CT molecular complexity index is 1350. The van der Waals surface area contributed by atoms with Crippen LogP contribution in [0.15, 0.2) is 59.0 Å². The summed E-state index contributed by atoms with van der Waals surface area (Å²) in [4.78, 5) is 30.8. The zero-order valence-corrected chi connectivity index (χ0v) is 17.7. The zero-order chi connectivity index (χ0) is 21.4. The zero-order valence-electron chi connectivity index (χ0n) is 16.1. The largest absolute Gasteiger partial charge is 0.486 e. The first-order chi connectivity index (χ1) is 15.1. The molecule has 5 rings (SSSR count). The number of anilines is 1. The Balaban J connectivity index is 1.43. The van der Waals surface area contributed by atoms with Crippen molar-refractivity contribution in [3.05, 3.63) is 69.5 Å². The summed E-state index contributed by atoms with van der Waals surface area (Å²) >= 11 is 7.66. The van der Waals surface area contributed by atoms with Crippen molar-refractivity contribution in [3.8, 4) is 22.6 Å². The smallest absolute Gasteiger partial charge is 0.263 e. The van der Waals surface area contributed by atoms with Crippen molar-refractivity contribution >= 4 is 44.7 Å². The van der Waals surface area contributed by atoms with Crippen LogP contribution in [0.3, 0.4) is 0 Å². The molecule has 0 radical (unpaired) electrons. The van der Waals surface area contributed by atoms with Gasteiger partial charge in [0.1, 0.15) is 24.6 Å². The first-order valence-electron chi connectivity index (χ1n) is 9.51. The molecule has 1 N–H and O–H groups in total. The normalized spacial score (nSPS) is 12.7. The highest BCUT2D eigenvalue weighted by Gasteiger charge is 2.18. The third-order valence-electron chi connectivity index (χ3n) is 4.87. The topological polar surface area (TPSA) is 82.5 Å². The summed E-state index contributed by atoms with van der Waals surface area (Å²) in [6.45, 7) is 0.672. The second kappa shape index (κ2) is 8.05. The summed E-state index contributed by atoms with van der Waals surface area (Å²) in [5.74, 6) is 0.640. The highest BCUT2D eigenvalue weighted by atomic mass is 35.5. The van der Waals surface area contributed by atoms with E-state index in [9.17, 15) is 9.59 Å². The quantitative estimate of drug-likeness (QED) is 0.501. The Hall–Kier alpha value is -3.36. The van der Waals surface area contributed by atoms with Gasteiger partial charge in [-0.15, -0.1) is 11.3 Å². The van der Waals surface area contributed by atoms with Crippen LogP contribution in [-0.2, 0) is 11.3 Å². The molecular weight excluding hydrogens is 438 g/mol. The number of fused-ring (bicyclic) bond motifs is 2. The summed E-state index contributed by atoms with van der Waals surface area (Å²) in [5.41, 5.74) is 1.85. The number of carbonyl (C=O) groups excluding carboxylic acids is 1. The van der Waals surface area contributed by atoms with E-state index in [1.165, 1.54) is 22.2 Å². The molecule has 0 bridgehead atoms. The summed E-state index contributed by atoms with van der Waals surface area (Å²) < 4.78 is 12.3. The van der Waals surface area contributed by atoms with E-state index in [-0.39, 0.29) is 12.1 Å². The van der Waals surface area contributed by atoms with Gasteiger partial charge < -0.3 is 14.8 Å². The van der Waals surface area contributed by atoms with Crippen molar-refractivity contribution in [2.75, 3.05) is 18.5 Å². The Morgan fingerprint density at radius 2 is 1.90 bits per heavy atom. The summed E-state index contributed by atoms with van der Waals surface area (Å²) in [7, 11) is 0. The Kier molecular flexibility index (Phi) is 5.09. The SMILES string of the molecule is O=C(Cn1cnc2scc(-c3ccccc3)c2c1=O)Nc1cc2c(cc1Cl)OCCO2. The number of hydrogen-bond donors (Lipinski definition) is 1. The number of carbonyl (C=O) groups is 1. The molecule has 0 unspecified atom stereocenters. The third kappa shape index (κ3) is 3.75. The van der Waals surface area contributed by atoms with Crippen LogP contribution in [0.1, 0.15) is 0 Å². The molecule has 0 spiro atoms. The van der Waals surface area contributed by atoms with E-state index < -0.39 is 5.91 Å². The maximum absolute atomic E-state index is 13.1. The molecule has 2 aromatic carbocycles. The Morgan fingerprint density at radius 1 is 1.16 bits per heavy atom. The number of rotatable bonds is 4. The molecule has 0 saturated carbocycles. The second-order valence-corrected chi connectivity index (χ2v) is 8.16. The lowest BCUT2D eigenvalue weighted by molar-refractivity contribution is -0.116. The van der Waals surface area contributed by atoms with Gasteiger partial charge in [-0.1, -0.05) is 41.9 Å². The van der Waals surface area contributed by atoms with Gasteiger partial charge in [-0.05, 0) is 5.56 Å². The fraction of sp³-hybridized carbons (Fsp3) is 0.136. The number of ether oxygens (including phenoxy) is 2. The first kappa shape index (κ1) is 19.6. The molecule has 1 aliphatic heterocycles. The molecule has 7 nitrogen and oxygen atoms in total. The number of thiophene rings is 1. The highest BCUT2D eigenvalue weighted by Crippen LogP contribution is 2.38. The predicted molar refractivity (Wildman–Crippen MR) is 120 cm³/mol. The van der Waals surface area contributed by atoms with Gasteiger partial charge in [0.25, 0.3) is 5.56 Å². The number of halogens is 1. The molecule has 0 fully saturated rings. The second-order valence-electron chi connectivity index (χ2n) is 6.90. The molecule has 156 valence electrons. The fourth-order valence-corrected chi connectivity index (χ4v) is 4.52. The van der Waals surface area contributed by atoms with Gasteiger partial charge in [0.05, 0.1) is 22.4 Å². The van der Waals surface area contributed by atoms with Gasteiger partial charge in [0.15, 0.2) is 11.5 Å². The van der Waals surface area contributed by atoms with Crippen LogP contribution in [0.4, 0.5) is 5.69 Å². The van der Waals surface area contributed by atoms with Crippen LogP contribution >= 0.6 is 22.9 Å². The van der Waals surface area contributed by atoms with Gasteiger partial charge in [0, 0.05) is 23.1 Å². The van der Waals surface area contributed by atoms with Gasteiger partial charge in [-0.2, -0.15) is 0 Å². The molecule has 4 aromatic rings. The summed E-state index contributed by atoms with van der Waals surface area (Å²) in [6.07, 6.45) is 1.39. The van der Waals surface area contributed by atoms with Crippen LogP contribution < -0.4 is 20.3 Å². The average Bonchev–Trinajstić information content (AvgIpc) is 3.22. The van der Waals surface area contributed by atoms with Crippen molar-refractivity contribution in [2.24, 2.45) is 0 Å². The fourth-order valence-electron chi connectivity index (χ4n) is 3.41. The van der Waals surface area contributed by atoms with E-state index in [2.05, 4.69) is 10.3 Å². The molecular formula is C22H16ClN3O4S. The molecule has 31 heavy (non-hydrogen) atoms. The average molecular weight is 454 g/mol. The van der Waals surface area contributed by atoms with E-state index >= 15 is 0 Å². The number of aromatic nitrogens is 2. The van der Waals surface area contributed by atoms with Gasteiger partial charge in [-0.25, -0.2) is 4.98 Å². The number of nitrogens with one attached hydrogen (secondary N) is 1. The van der Waals surface area contributed by atoms with Crippen molar-refractivity contribution in [1.29, 1.82) is 0 Å². The standard InChI is InChI=1S/C22H16ClN3O4S/c23-15-8-17-18(30-7-6-29-17)9-16(15)25-19(27)10-26-12-24-21-20(22(26)28)14(11-31-21)13-4-2-1-3-5-13/h1-5,8-9,11-12H,6-7,10H2,(H,25,27). The number of nitrogens with zero attached hydrogens (tertiary/aromatic N) is 2. The van der Waals surface area contributed by atoms with Crippen molar-refractivity contribution in [3.63, 3.8) is 0 Å². The van der Waals surface area contributed by atoms with Gasteiger partial charge in [0.2, 0.25) is 5.91 Å². The van der Waals surface area contributed by atoms with Crippen LogP contribution in [0.5, 0.6) is 11.5 Å². The lowest BCUT2D eigenvalue weighted by atomic mass is 10.1. The summed E-state index contributed by atoms with van der Waals surface area (Å²) in [5, 5.41) is 5.47. The summed E-state index contributed by atoms with van der Waals surface area (Å²) in [6, 6.07) is 12.8. The number of amides is 1. The predicted octanol–water partition coefficient (Wildman–Crippen LogP) is 4.19. The Labute approximate surface area is 185 Å². The first-order valence-corrected chi connectivity index (χ1v) is 10.8. The van der Waals surface area contributed by atoms with Crippen LogP contribution in [0, 0.1) is 0 Å². The maximum Gasteiger partial charge on any atom is 0.263 e. The van der Waals surface area contributed by atoms with Gasteiger partial charge in [-0.3, -0.25) is 14.2 Å². The maximum atomic E-state index is 13.1. The molecule has 9 heteroatoms. The molecule has 0 aliphatic carbocycles. The number of hydrogen-bond acceptors (Lipinski definition) is 6. The lowest BCUT2D eigenvalue weighted by Gasteiger charge is -2.20. The molecule has 0 saturated heterocycles. The highest BCUT2D eigenvalue weighted by molar-refractivity contribution is 7.17. The van der Waals surface area contributed by atoms with Crippen LogP contribution in [0.25, 0.3) is 21.3 Å². The van der Waals surface area contributed by atoms with E-state index in [4.69, 9.17) is 21.1 Å². The van der Waals surface area contributed by atoms with Crippen molar-refractivity contribution in [2.45, 2.75) is 6.54 Å².